The van der Waals surface area contributed by atoms with E-state index in [1.807, 2.05) is 29.2 Å². The first kappa shape index (κ1) is 12.9. The van der Waals surface area contributed by atoms with Gasteiger partial charge in [-0.05, 0) is 38.1 Å². The number of piperidine rings is 1. The van der Waals surface area contributed by atoms with Gasteiger partial charge in [-0.25, -0.2) is 0 Å². The van der Waals surface area contributed by atoms with Crippen LogP contribution in [0.25, 0.3) is 0 Å². The molecule has 0 unspecified atom stereocenters. The molecule has 0 atom stereocenters. The molecule has 1 aliphatic rings. The van der Waals surface area contributed by atoms with E-state index < -0.39 is 0 Å². The Morgan fingerprint density at radius 1 is 1.39 bits per heavy atom. The number of hydrogen-bond donors (Lipinski definition) is 1. The summed E-state index contributed by atoms with van der Waals surface area (Å²) in [6, 6.07) is 7.99. The summed E-state index contributed by atoms with van der Waals surface area (Å²) in [5.41, 5.74) is 0.925. The third-order valence-corrected chi connectivity index (χ3v) is 3.34. The Hall–Kier alpha value is -1.55. The summed E-state index contributed by atoms with van der Waals surface area (Å²) < 4.78 is 5.22. The molecule has 0 bridgehead atoms. The van der Waals surface area contributed by atoms with Crippen molar-refractivity contribution in [2.24, 2.45) is 0 Å². The maximum absolute atomic E-state index is 11.9. The highest BCUT2D eigenvalue weighted by Crippen LogP contribution is 2.25. The van der Waals surface area contributed by atoms with Crippen LogP contribution < -0.4 is 15.0 Å². The quantitative estimate of drug-likeness (QED) is 0.887. The van der Waals surface area contributed by atoms with Gasteiger partial charge in [-0.3, -0.25) is 4.79 Å². The summed E-state index contributed by atoms with van der Waals surface area (Å²) in [4.78, 5) is 13.8. The van der Waals surface area contributed by atoms with Crippen molar-refractivity contribution in [2.45, 2.75) is 25.8 Å². The number of ether oxygens (including phenoxy) is 1. The molecule has 1 saturated heterocycles. The zero-order valence-electron chi connectivity index (χ0n) is 11.0. The fourth-order valence-corrected chi connectivity index (χ4v) is 2.47. The van der Waals surface area contributed by atoms with Crippen LogP contribution in [0.15, 0.2) is 24.3 Å². The molecule has 1 amide bonds. The number of hydrogen-bond acceptors (Lipinski definition) is 3. The number of carbonyl (C=O) groups is 1. The Balaban J connectivity index is 2.25. The molecule has 0 saturated carbocycles. The lowest BCUT2D eigenvalue weighted by molar-refractivity contribution is -0.117. The van der Waals surface area contributed by atoms with E-state index in [4.69, 9.17) is 4.74 Å². The van der Waals surface area contributed by atoms with Crippen molar-refractivity contribution in [3.8, 4) is 5.75 Å². The van der Waals surface area contributed by atoms with Gasteiger partial charge in [-0.2, -0.15) is 0 Å². The van der Waals surface area contributed by atoms with Gasteiger partial charge in [0.1, 0.15) is 5.75 Å². The molecule has 2 rings (SSSR count). The Morgan fingerprint density at radius 2 is 2.11 bits per heavy atom. The molecule has 18 heavy (non-hydrogen) atoms. The molecule has 98 valence electrons. The van der Waals surface area contributed by atoms with Gasteiger partial charge >= 0.3 is 0 Å². The average Bonchev–Trinajstić information content (AvgIpc) is 2.40. The van der Waals surface area contributed by atoms with Gasteiger partial charge in [0, 0.05) is 24.7 Å². The SMILES string of the molecule is COc1cccc(N(C(C)=O)C2CCNCC2)c1. The Labute approximate surface area is 108 Å². The van der Waals surface area contributed by atoms with Gasteiger partial charge < -0.3 is 15.0 Å². The van der Waals surface area contributed by atoms with Crippen molar-refractivity contribution >= 4 is 11.6 Å². The number of amides is 1. The zero-order valence-corrected chi connectivity index (χ0v) is 11.0. The molecule has 4 heteroatoms. The van der Waals surface area contributed by atoms with Gasteiger partial charge in [0.25, 0.3) is 0 Å². The molecule has 1 heterocycles. The molecule has 0 radical (unpaired) electrons. The molecule has 0 spiro atoms. The summed E-state index contributed by atoms with van der Waals surface area (Å²) in [6.45, 7) is 3.57. The van der Waals surface area contributed by atoms with Crippen molar-refractivity contribution in [2.75, 3.05) is 25.1 Å². The first-order chi connectivity index (χ1) is 8.72. The van der Waals surface area contributed by atoms with Gasteiger partial charge in [0.2, 0.25) is 5.91 Å². The Morgan fingerprint density at radius 3 is 2.72 bits per heavy atom. The Bertz CT molecular complexity index is 414. The fourth-order valence-electron chi connectivity index (χ4n) is 2.47. The van der Waals surface area contributed by atoms with E-state index >= 15 is 0 Å². The molecule has 4 nitrogen and oxygen atoms in total. The van der Waals surface area contributed by atoms with Crippen LogP contribution in [-0.4, -0.2) is 32.1 Å². The summed E-state index contributed by atoms with van der Waals surface area (Å²) in [6.07, 6.45) is 1.99. The third-order valence-electron chi connectivity index (χ3n) is 3.34. The maximum Gasteiger partial charge on any atom is 0.224 e. The fraction of sp³-hybridized carbons (Fsp3) is 0.500. The molecule has 0 aliphatic carbocycles. The van der Waals surface area contributed by atoms with Crippen LogP contribution in [0.3, 0.4) is 0 Å². The molecule has 1 N–H and O–H groups in total. The van der Waals surface area contributed by atoms with E-state index in [-0.39, 0.29) is 11.9 Å². The number of methoxy groups -OCH3 is 1. The summed E-state index contributed by atoms with van der Waals surface area (Å²) in [5, 5.41) is 3.32. The monoisotopic (exact) mass is 248 g/mol. The molecule has 0 aromatic heterocycles. The van der Waals surface area contributed by atoms with E-state index in [9.17, 15) is 4.79 Å². The molecule has 1 fully saturated rings. The average molecular weight is 248 g/mol. The van der Waals surface area contributed by atoms with Crippen LogP contribution >= 0.6 is 0 Å². The molecular formula is C14H20N2O2. The lowest BCUT2D eigenvalue weighted by Gasteiger charge is -2.34. The van der Waals surface area contributed by atoms with Crippen molar-refractivity contribution in [3.05, 3.63) is 24.3 Å². The minimum Gasteiger partial charge on any atom is -0.497 e. The lowest BCUT2D eigenvalue weighted by atomic mass is 10.0. The first-order valence-electron chi connectivity index (χ1n) is 6.37. The number of benzene rings is 1. The number of rotatable bonds is 3. The molecule has 1 aromatic carbocycles. The molecular weight excluding hydrogens is 228 g/mol. The minimum atomic E-state index is 0.0927. The van der Waals surface area contributed by atoms with E-state index in [0.717, 1.165) is 37.4 Å². The molecule has 1 aliphatic heterocycles. The highest BCUT2D eigenvalue weighted by Gasteiger charge is 2.24. The van der Waals surface area contributed by atoms with Gasteiger partial charge in [0.15, 0.2) is 0 Å². The number of nitrogens with one attached hydrogen (secondary N) is 1. The standard InChI is InChI=1S/C14H20N2O2/c1-11(17)16(12-6-8-15-9-7-12)13-4-3-5-14(10-13)18-2/h3-5,10,12,15H,6-9H2,1-2H3. The van der Waals surface area contributed by atoms with Gasteiger partial charge in [-0.1, -0.05) is 6.07 Å². The smallest absolute Gasteiger partial charge is 0.224 e. The predicted octanol–water partition coefficient (Wildman–Crippen LogP) is 1.80. The second-order valence-corrected chi connectivity index (χ2v) is 4.57. The van der Waals surface area contributed by atoms with E-state index in [2.05, 4.69) is 5.32 Å². The zero-order chi connectivity index (χ0) is 13.0. The topological polar surface area (TPSA) is 41.6 Å². The predicted molar refractivity (Wildman–Crippen MR) is 72.0 cm³/mol. The lowest BCUT2D eigenvalue weighted by Crippen LogP contribution is -2.45. The van der Waals surface area contributed by atoms with E-state index in [0.29, 0.717) is 0 Å². The van der Waals surface area contributed by atoms with Crippen molar-refractivity contribution in [1.82, 2.24) is 5.32 Å². The van der Waals surface area contributed by atoms with Crippen LogP contribution in [0.2, 0.25) is 0 Å². The second-order valence-electron chi connectivity index (χ2n) is 4.57. The largest absolute Gasteiger partial charge is 0.497 e. The van der Waals surface area contributed by atoms with Gasteiger partial charge in [-0.15, -0.1) is 0 Å². The molecule has 1 aromatic rings. The summed E-state index contributed by atoms with van der Waals surface area (Å²) >= 11 is 0. The van der Waals surface area contributed by atoms with Crippen LogP contribution in [0.1, 0.15) is 19.8 Å². The van der Waals surface area contributed by atoms with Crippen molar-refractivity contribution in [3.63, 3.8) is 0 Å². The van der Waals surface area contributed by atoms with Crippen LogP contribution in [0.5, 0.6) is 5.75 Å². The summed E-state index contributed by atoms with van der Waals surface area (Å²) in [7, 11) is 1.64. The minimum absolute atomic E-state index is 0.0927. The number of nitrogens with zero attached hydrogens (tertiary/aromatic N) is 1. The van der Waals surface area contributed by atoms with Crippen molar-refractivity contribution in [1.29, 1.82) is 0 Å². The van der Waals surface area contributed by atoms with Gasteiger partial charge in [0.05, 0.1) is 7.11 Å². The Kier molecular flexibility index (Phi) is 4.20. The number of anilines is 1. The van der Waals surface area contributed by atoms with E-state index in [1.54, 1.807) is 14.0 Å². The first-order valence-corrected chi connectivity index (χ1v) is 6.37. The summed E-state index contributed by atoms with van der Waals surface area (Å²) in [5.74, 6) is 0.878. The highest BCUT2D eigenvalue weighted by molar-refractivity contribution is 5.92. The third kappa shape index (κ3) is 2.82. The maximum atomic E-state index is 11.9. The highest BCUT2D eigenvalue weighted by atomic mass is 16.5. The number of carbonyl (C=O) groups excluding carboxylic acids is 1. The normalized spacial score (nSPS) is 16.3. The van der Waals surface area contributed by atoms with Crippen LogP contribution in [0.4, 0.5) is 5.69 Å². The van der Waals surface area contributed by atoms with Crippen molar-refractivity contribution < 1.29 is 9.53 Å². The van der Waals surface area contributed by atoms with Crippen LogP contribution in [0, 0.1) is 0 Å². The second kappa shape index (κ2) is 5.87. The van der Waals surface area contributed by atoms with E-state index in [1.165, 1.54) is 0 Å². The van der Waals surface area contributed by atoms with Crippen LogP contribution in [-0.2, 0) is 4.79 Å².